The Labute approximate surface area is 432 Å². The maximum absolute atomic E-state index is 14.2. The third-order valence-corrected chi connectivity index (χ3v) is 13.7. The Morgan fingerprint density at radius 3 is 1.90 bits per heavy atom. The lowest BCUT2D eigenvalue weighted by Gasteiger charge is -2.46. The molecule has 3 aliphatic heterocycles. The van der Waals surface area contributed by atoms with Gasteiger partial charge in [0.2, 0.25) is 5.91 Å². The Hall–Kier alpha value is -3.44. The van der Waals surface area contributed by atoms with Crippen molar-refractivity contribution in [1.29, 1.82) is 0 Å². The number of rotatable bonds is 8. The van der Waals surface area contributed by atoms with Crippen molar-refractivity contribution < 1.29 is 79.6 Å². The van der Waals surface area contributed by atoms with Gasteiger partial charge in [-0.1, -0.05) is 133 Å². The maximum Gasteiger partial charge on any atom is 0.308 e. The van der Waals surface area contributed by atoms with Crippen LogP contribution in [0.25, 0.3) is 0 Å². The average molecular weight is 1040 g/mol. The zero-order chi connectivity index (χ0) is 54.5. The summed E-state index contributed by atoms with van der Waals surface area (Å²) < 4.78 is 23.6. The Kier molecular flexibility index (Phi) is 27.1. The number of carbonyl (C=O) groups is 2. The highest BCUT2D eigenvalue weighted by atomic mass is 16.7. The topological polar surface area (TPSA) is 311 Å². The van der Waals surface area contributed by atoms with Gasteiger partial charge in [0.1, 0.15) is 12.2 Å². The van der Waals surface area contributed by atoms with E-state index in [0.29, 0.717) is 0 Å². The highest BCUT2D eigenvalue weighted by Crippen LogP contribution is 2.39. The second-order valence-corrected chi connectivity index (χ2v) is 21.9. The molecule has 7 unspecified atom stereocenters. The number of amides is 1. The zero-order valence-electron chi connectivity index (χ0n) is 44.0. The summed E-state index contributed by atoms with van der Waals surface area (Å²) in [5.41, 5.74) is 5.70. The molecule has 0 aromatic rings. The Balaban J connectivity index is 1.95. The van der Waals surface area contributed by atoms with Crippen LogP contribution in [0.4, 0.5) is 0 Å². The van der Waals surface area contributed by atoms with E-state index in [9.17, 15) is 60.7 Å². The molecule has 0 aromatic heterocycles. The van der Waals surface area contributed by atoms with E-state index in [1.54, 1.807) is 49.5 Å². The SMILES string of the molecule is CCC(C)(C)CC(C)(C)CNC(=O)[C@H]1[C@@H]2CC(O[C@@H]3OC[C@@H](O)[C@H](N)[C@@H]3O)/C=C/C=C/C=C/C=C/C=C/C=C/C=C/[C@H](C)[C@@H](O)C[C@H](C)OC(=O)CC(O)CC(O)CCC(O)C(O)CC(O)CC(O)(C[C@@H]1O)O2. The number of carbonyl (C=O) groups excluding carboxylic acids is 2. The Morgan fingerprint density at radius 1 is 0.712 bits per heavy atom. The molecule has 2 bridgehead atoms. The summed E-state index contributed by atoms with van der Waals surface area (Å²) in [5, 5.41) is 113. The van der Waals surface area contributed by atoms with Crippen molar-refractivity contribution in [2.24, 2.45) is 28.4 Å². The molecule has 2 saturated heterocycles. The first-order valence-corrected chi connectivity index (χ1v) is 25.9. The summed E-state index contributed by atoms with van der Waals surface area (Å²) in [4.78, 5) is 26.8. The first-order chi connectivity index (χ1) is 34.2. The predicted octanol–water partition coefficient (Wildman–Crippen LogP) is 2.96. The van der Waals surface area contributed by atoms with Gasteiger partial charge in [0.05, 0.1) is 86.0 Å². The monoisotopic (exact) mass is 1030 g/mol. The fraction of sp³-hybridized carbons (Fsp3) is 0.709. The minimum Gasteiger partial charge on any atom is -0.462 e. The summed E-state index contributed by atoms with van der Waals surface area (Å²) in [7, 11) is 0. The highest BCUT2D eigenvalue weighted by molar-refractivity contribution is 5.80. The Morgan fingerprint density at radius 2 is 1.30 bits per heavy atom. The second kappa shape index (κ2) is 30.9. The number of aliphatic hydroxyl groups is 10. The Bertz CT molecular complexity index is 1870. The number of fused-ring (bicyclic) bond motifs is 2. The molecule has 0 aliphatic carbocycles. The molecular weight excluding hydrogens is 945 g/mol. The minimum absolute atomic E-state index is 0.0152. The van der Waals surface area contributed by atoms with Gasteiger partial charge in [-0.2, -0.15) is 0 Å². The molecule has 416 valence electrons. The van der Waals surface area contributed by atoms with E-state index in [1.807, 2.05) is 63.3 Å². The normalized spacial score (nSPS) is 40.2. The van der Waals surface area contributed by atoms with Crippen molar-refractivity contribution >= 4 is 11.9 Å². The predicted molar refractivity (Wildman–Crippen MR) is 276 cm³/mol. The number of allylic oxidation sites excluding steroid dienone is 12. The van der Waals surface area contributed by atoms with Crippen molar-refractivity contribution in [3.05, 3.63) is 85.1 Å². The average Bonchev–Trinajstić information content (AvgIpc) is 3.28. The summed E-state index contributed by atoms with van der Waals surface area (Å²) in [6, 6.07) is -1.11. The van der Waals surface area contributed by atoms with Crippen molar-refractivity contribution in [3.8, 4) is 0 Å². The molecule has 1 amide bonds. The maximum atomic E-state index is 14.2. The van der Waals surface area contributed by atoms with Gasteiger partial charge in [0.25, 0.3) is 0 Å². The standard InChI is InChI=1S/C55H90N2O16/c1-8-53(4,5)33-54(6,7)34-57-51(68)48-44(64)31-55(69)30-39(60)27-43(63)41(61)24-23-37(58)26-38(59)28-47(66)71-36(3)25-42(62)35(2)21-19-17-15-13-11-9-10-12-14-16-18-20-22-40(29-46(48)73-55)72-52-50(67)49(56)45(65)32-70-52/h9-22,35-46,48-50,52,58-65,67,69H,8,23-34,56H2,1-7H3,(H,57,68)/b10-9+,13-11+,14-12+,17-15+,18-16+,21-19+,22-20+/t35-,36-,37?,38?,39?,40?,41?,42-,43?,44-,45+,46-,48+,49-,50-,52-,55?/m0/s1. The third-order valence-electron chi connectivity index (χ3n) is 13.7. The molecule has 3 heterocycles. The third kappa shape index (κ3) is 23.6. The molecule has 0 saturated carbocycles. The van der Waals surface area contributed by atoms with Crippen molar-refractivity contribution in [2.75, 3.05) is 13.2 Å². The van der Waals surface area contributed by atoms with Crippen LogP contribution in [0.2, 0.25) is 0 Å². The van der Waals surface area contributed by atoms with Crippen LogP contribution < -0.4 is 11.1 Å². The van der Waals surface area contributed by atoms with Crippen LogP contribution in [0.1, 0.15) is 119 Å². The van der Waals surface area contributed by atoms with Crippen molar-refractivity contribution in [3.63, 3.8) is 0 Å². The largest absolute Gasteiger partial charge is 0.462 e. The van der Waals surface area contributed by atoms with E-state index < -0.39 is 135 Å². The lowest BCUT2D eigenvalue weighted by atomic mass is 9.73. The molecule has 0 radical (unpaired) electrons. The lowest BCUT2D eigenvalue weighted by Crippen LogP contribution is -2.60. The number of cyclic esters (lactones) is 1. The van der Waals surface area contributed by atoms with Gasteiger partial charge in [-0.05, 0) is 43.4 Å². The molecule has 2 fully saturated rings. The second-order valence-electron chi connectivity index (χ2n) is 21.9. The molecule has 3 rings (SSSR count). The number of hydrogen-bond acceptors (Lipinski definition) is 17. The van der Waals surface area contributed by atoms with Gasteiger partial charge < -0.3 is 81.1 Å². The molecule has 17 atom stereocenters. The van der Waals surface area contributed by atoms with Gasteiger partial charge in [0, 0.05) is 44.6 Å². The molecule has 0 spiro atoms. The number of nitrogens with two attached hydrogens (primary N) is 1. The van der Waals surface area contributed by atoms with Gasteiger partial charge in [-0.25, -0.2) is 0 Å². The molecule has 0 aromatic carbocycles. The van der Waals surface area contributed by atoms with E-state index in [4.69, 9.17) is 24.7 Å². The minimum atomic E-state index is -2.27. The van der Waals surface area contributed by atoms with E-state index in [1.165, 1.54) is 0 Å². The first-order valence-electron chi connectivity index (χ1n) is 25.9. The van der Waals surface area contributed by atoms with E-state index in [-0.39, 0.29) is 62.0 Å². The summed E-state index contributed by atoms with van der Waals surface area (Å²) in [6.07, 6.45) is 7.79. The van der Waals surface area contributed by atoms with Crippen LogP contribution in [0.15, 0.2) is 85.1 Å². The quantitative estimate of drug-likeness (QED) is 0.156. The van der Waals surface area contributed by atoms with Crippen LogP contribution in [0.3, 0.4) is 0 Å². The summed E-state index contributed by atoms with van der Waals surface area (Å²) in [5.74, 6) is -5.06. The van der Waals surface area contributed by atoms with E-state index >= 15 is 0 Å². The van der Waals surface area contributed by atoms with E-state index in [0.717, 1.165) is 12.8 Å². The van der Waals surface area contributed by atoms with Crippen LogP contribution in [-0.4, -0.2) is 167 Å². The van der Waals surface area contributed by atoms with Gasteiger partial charge in [-0.15, -0.1) is 0 Å². The number of aliphatic hydroxyl groups excluding tert-OH is 9. The van der Waals surface area contributed by atoms with Crippen LogP contribution in [0.5, 0.6) is 0 Å². The molecular formula is C55H90N2O16. The molecule has 13 N–H and O–H groups in total. The zero-order valence-corrected chi connectivity index (χ0v) is 44.0. The lowest BCUT2D eigenvalue weighted by molar-refractivity contribution is -0.304. The van der Waals surface area contributed by atoms with Crippen LogP contribution in [-0.2, 0) is 28.5 Å². The first kappa shape index (κ1) is 63.8. The molecule has 18 nitrogen and oxygen atoms in total. The van der Waals surface area contributed by atoms with Gasteiger partial charge in [-0.3, -0.25) is 9.59 Å². The van der Waals surface area contributed by atoms with Crippen LogP contribution in [0, 0.1) is 22.7 Å². The fourth-order valence-corrected chi connectivity index (χ4v) is 9.44. The number of ether oxygens (including phenoxy) is 4. The number of esters is 1. The smallest absolute Gasteiger partial charge is 0.308 e. The van der Waals surface area contributed by atoms with E-state index in [2.05, 4.69) is 26.1 Å². The van der Waals surface area contributed by atoms with Crippen molar-refractivity contribution in [2.45, 2.75) is 210 Å². The van der Waals surface area contributed by atoms with Crippen molar-refractivity contribution in [1.82, 2.24) is 5.32 Å². The van der Waals surface area contributed by atoms with Crippen LogP contribution >= 0.6 is 0 Å². The highest BCUT2D eigenvalue weighted by Gasteiger charge is 2.51. The summed E-state index contributed by atoms with van der Waals surface area (Å²) >= 11 is 0. The molecule has 18 heteroatoms. The number of hydrogen-bond donors (Lipinski definition) is 12. The number of nitrogens with one attached hydrogen (secondary N) is 1. The summed E-state index contributed by atoms with van der Waals surface area (Å²) in [6.45, 7) is 13.9. The fourth-order valence-electron chi connectivity index (χ4n) is 9.44. The molecule has 73 heavy (non-hydrogen) atoms. The van der Waals surface area contributed by atoms with Gasteiger partial charge >= 0.3 is 5.97 Å². The molecule has 3 aliphatic rings. The van der Waals surface area contributed by atoms with Gasteiger partial charge in [0.15, 0.2) is 12.1 Å².